The normalized spacial score (nSPS) is 58.1. The Labute approximate surface area is 173 Å². The maximum Gasteiger partial charge on any atom is 0.335 e. The molecule has 0 radical (unpaired) electrons. The first-order valence-electron chi connectivity index (χ1n) is 11.3. The summed E-state index contributed by atoms with van der Waals surface area (Å²) < 4.78 is 12.5. The lowest BCUT2D eigenvalue weighted by Gasteiger charge is -2.69. The lowest BCUT2D eigenvalue weighted by Crippen LogP contribution is -2.69. The summed E-state index contributed by atoms with van der Waals surface area (Å²) in [6.07, 6.45) is 4.73. The molecule has 1 spiro atoms. The van der Waals surface area contributed by atoms with Crippen LogP contribution in [0.5, 0.6) is 0 Å². The summed E-state index contributed by atoms with van der Waals surface area (Å²) in [6, 6.07) is 0. The zero-order chi connectivity index (χ0) is 21.0. The number of aliphatic carboxylic acids is 1. The monoisotopic (exact) mass is 408 g/mol. The molecular weight excluding hydrogens is 372 g/mol. The quantitative estimate of drug-likeness (QED) is 0.617. The number of carboxylic acids is 1. The summed E-state index contributed by atoms with van der Waals surface area (Å²) in [7, 11) is 0. The van der Waals surface area contributed by atoms with Gasteiger partial charge in [-0.2, -0.15) is 0 Å². The number of fused-ring (bicyclic) bond motifs is 4. The molecule has 164 valence electrons. The number of aliphatic hydroxyl groups excluding tert-OH is 1. The third-order valence-electron chi connectivity index (χ3n) is 10.2. The minimum Gasteiger partial charge on any atom is -0.479 e. The van der Waals surface area contributed by atoms with E-state index in [1.54, 1.807) is 0 Å². The summed E-state index contributed by atoms with van der Waals surface area (Å²) in [5.74, 6) is -1.57. The fraction of sp³-hybridized carbons (Fsp3) is 0.957. The lowest BCUT2D eigenvalue weighted by molar-refractivity contribution is -0.361. The highest BCUT2D eigenvalue weighted by Gasteiger charge is 2.74. The van der Waals surface area contributed by atoms with E-state index in [-0.39, 0.29) is 40.1 Å². The van der Waals surface area contributed by atoms with Gasteiger partial charge in [0.25, 0.3) is 0 Å². The fourth-order valence-corrected chi connectivity index (χ4v) is 8.91. The van der Waals surface area contributed by atoms with Crippen LogP contribution in [-0.4, -0.2) is 51.5 Å². The van der Waals surface area contributed by atoms with Crippen LogP contribution in [0.3, 0.4) is 0 Å². The van der Waals surface area contributed by atoms with Gasteiger partial charge in [-0.3, -0.25) is 0 Å². The van der Waals surface area contributed by atoms with Gasteiger partial charge in [0, 0.05) is 11.3 Å². The van der Waals surface area contributed by atoms with Crippen molar-refractivity contribution in [3.8, 4) is 0 Å². The van der Waals surface area contributed by atoms with Gasteiger partial charge >= 0.3 is 5.97 Å². The van der Waals surface area contributed by atoms with Crippen molar-refractivity contribution in [1.29, 1.82) is 0 Å². The van der Waals surface area contributed by atoms with Gasteiger partial charge in [0.1, 0.15) is 0 Å². The minimum atomic E-state index is -1.61. The molecule has 1 heterocycles. The van der Waals surface area contributed by atoms with Crippen molar-refractivity contribution in [3.63, 3.8) is 0 Å². The molecule has 29 heavy (non-hydrogen) atoms. The standard InChI is InChI=1S/C23H36O6/c1-19(2)28-12-20(3)16(29-19)5-6-21(4)17(20)15(24)10-13-9-14-11-22(13,21)7-8-23(14,27)18(25)26/h13-17,24,27H,5-12H2,1-4H3,(H,25,26). The minimum absolute atomic E-state index is 0.00973. The number of rotatable bonds is 1. The summed E-state index contributed by atoms with van der Waals surface area (Å²) in [5, 5.41) is 32.0. The van der Waals surface area contributed by atoms with E-state index in [1.165, 1.54) is 0 Å². The van der Waals surface area contributed by atoms with E-state index < -0.39 is 23.5 Å². The van der Waals surface area contributed by atoms with Crippen LogP contribution in [0.15, 0.2) is 0 Å². The summed E-state index contributed by atoms with van der Waals surface area (Å²) in [4.78, 5) is 11.9. The molecule has 5 rings (SSSR count). The predicted octanol–water partition coefficient (Wildman–Crippen LogP) is 2.95. The maximum atomic E-state index is 11.9. The summed E-state index contributed by atoms with van der Waals surface area (Å²) in [6.45, 7) is 9.05. The molecule has 4 saturated carbocycles. The molecule has 0 aromatic rings. The summed E-state index contributed by atoms with van der Waals surface area (Å²) in [5.41, 5.74) is -1.99. The Hall–Kier alpha value is -0.690. The molecule has 9 atom stereocenters. The Balaban J connectivity index is 1.55. The van der Waals surface area contributed by atoms with E-state index in [0.29, 0.717) is 25.9 Å². The second-order valence-corrected chi connectivity index (χ2v) is 11.8. The average molecular weight is 409 g/mol. The summed E-state index contributed by atoms with van der Waals surface area (Å²) >= 11 is 0. The van der Waals surface area contributed by atoms with E-state index in [1.807, 2.05) is 13.8 Å². The topological polar surface area (TPSA) is 96.2 Å². The van der Waals surface area contributed by atoms with Crippen molar-refractivity contribution in [2.75, 3.05) is 6.61 Å². The van der Waals surface area contributed by atoms with Gasteiger partial charge in [0.15, 0.2) is 11.4 Å². The van der Waals surface area contributed by atoms with Gasteiger partial charge in [-0.25, -0.2) is 4.79 Å². The van der Waals surface area contributed by atoms with E-state index in [0.717, 1.165) is 25.7 Å². The molecule has 0 aromatic carbocycles. The third kappa shape index (κ3) is 2.35. The Morgan fingerprint density at radius 2 is 1.76 bits per heavy atom. The van der Waals surface area contributed by atoms with Gasteiger partial charge in [0.05, 0.1) is 18.8 Å². The second-order valence-electron chi connectivity index (χ2n) is 11.8. The van der Waals surface area contributed by atoms with Crippen LogP contribution in [0.1, 0.15) is 72.6 Å². The van der Waals surface area contributed by atoms with Crippen LogP contribution in [0.4, 0.5) is 0 Å². The van der Waals surface area contributed by atoms with Gasteiger partial charge in [-0.1, -0.05) is 13.8 Å². The van der Waals surface area contributed by atoms with Crippen molar-refractivity contribution >= 4 is 5.97 Å². The first kappa shape index (κ1) is 20.2. The van der Waals surface area contributed by atoms with Crippen molar-refractivity contribution in [2.45, 2.75) is 96.2 Å². The van der Waals surface area contributed by atoms with E-state index >= 15 is 0 Å². The molecule has 6 nitrogen and oxygen atoms in total. The molecule has 5 fully saturated rings. The third-order valence-corrected chi connectivity index (χ3v) is 10.2. The fourth-order valence-electron chi connectivity index (χ4n) is 8.91. The number of aliphatic hydroxyl groups is 2. The molecule has 0 aromatic heterocycles. The van der Waals surface area contributed by atoms with Crippen molar-refractivity contribution < 1.29 is 29.6 Å². The zero-order valence-corrected chi connectivity index (χ0v) is 18.1. The van der Waals surface area contributed by atoms with Crippen LogP contribution in [-0.2, 0) is 14.3 Å². The van der Waals surface area contributed by atoms with Crippen LogP contribution in [0.25, 0.3) is 0 Å². The number of ether oxygens (including phenoxy) is 2. The molecule has 4 aliphatic carbocycles. The number of carboxylic acid groups (broad SMARTS) is 1. The second kappa shape index (κ2) is 5.76. The van der Waals surface area contributed by atoms with E-state index in [2.05, 4.69) is 13.8 Å². The van der Waals surface area contributed by atoms with Crippen molar-refractivity contribution in [3.05, 3.63) is 0 Å². The largest absolute Gasteiger partial charge is 0.479 e. The van der Waals surface area contributed by atoms with Crippen LogP contribution in [0, 0.1) is 34.0 Å². The van der Waals surface area contributed by atoms with E-state index in [4.69, 9.17) is 9.47 Å². The Bertz CT molecular complexity index is 737. The van der Waals surface area contributed by atoms with E-state index in [9.17, 15) is 20.1 Å². The molecule has 9 unspecified atom stereocenters. The first-order valence-corrected chi connectivity index (χ1v) is 11.3. The number of hydrogen-bond acceptors (Lipinski definition) is 5. The Morgan fingerprint density at radius 3 is 2.45 bits per heavy atom. The SMILES string of the molecule is CC1(C)OCC2(C)C(CCC3(C)C2C(O)CC2CC4CC23CCC4(O)C(=O)O)O1. The Kier molecular flexibility index (Phi) is 4.01. The molecule has 0 amide bonds. The molecule has 3 N–H and O–H groups in total. The van der Waals surface area contributed by atoms with Crippen molar-refractivity contribution in [1.82, 2.24) is 0 Å². The number of hydrogen-bond donors (Lipinski definition) is 3. The zero-order valence-electron chi connectivity index (χ0n) is 18.1. The highest BCUT2D eigenvalue weighted by atomic mass is 16.7. The number of carbonyl (C=O) groups is 1. The van der Waals surface area contributed by atoms with Crippen LogP contribution in [0.2, 0.25) is 0 Å². The molecule has 6 heteroatoms. The molecule has 2 bridgehead atoms. The Morgan fingerprint density at radius 1 is 1.03 bits per heavy atom. The molecule has 5 aliphatic rings. The van der Waals surface area contributed by atoms with Crippen LogP contribution >= 0.6 is 0 Å². The van der Waals surface area contributed by atoms with Crippen LogP contribution < -0.4 is 0 Å². The van der Waals surface area contributed by atoms with Gasteiger partial charge in [-0.05, 0) is 81.5 Å². The highest BCUT2D eigenvalue weighted by Crippen LogP contribution is 2.75. The highest BCUT2D eigenvalue weighted by molar-refractivity contribution is 5.78. The predicted molar refractivity (Wildman–Crippen MR) is 105 cm³/mol. The van der Waals surface area contributed by atoms with Gasteiger partial charge in [-0.15, -0.1) is 0 Å². The van der Waals surface area contributed by atoms with Gasteiger partial charge in [0.2, 0.25) is 0 Å². The first-order chi connectivity index (χ1) is 13.4. The lowest BCUT2D eigenvalue weighted by atomic mass is 9.38. The molecule has 1 saturated heterocycles. The smallest absolute Gasteiger partial charge is 0.335 e. The maximum absolute atomic E-state index is 11.9. The molecular formula is C23H36O6. The molecule has 1 aliphatic heterocycles. The average Bonchev–Trinajstić information content (AvgIpc) is 2.95. The van der Waals surface area contributed by atoms with Crippen molar-refractivity contribution in [2.24, 2.45) is 34.0 Å². The van der Waals surface area contributed by atoms with Gasteiger partial charge < -0.3 is 24.8 Å².